The van der Waals surface area contributed by atoms with Crippen LogP contribution >= 0.6 is 46.6 Å². The van der Waals surface area contributed by atoms with Gasteiger partial charge in [0.1, 0.15) is 10.1 Å². The van der Waals surface area contributed by atoms with Crippen molar-refractivity contribution in [3.8, 4) is 5.75 Å². The van der Waals surface area contributed by atoms with Crippen LogP contribution in [0.5, 0.6) is 5.75 Å². The van der Waals surface area contributed by atoms with Gasteiger partial charge in [-0.1, -0.05) is 42.2 Å². The zero-order valence-electron chi connectivity index (χ0n) is 15.0. The average molecular weight is 524 g/mol. The van der Waals surface area contributed by atoms with Crippen molar-refractivity contribution in [1.82, 2.24) is 4.90 Å². The summed E-state index contributed by atoms with van der Waals surface area (Å²) in [5.41, 5.74) is 1.54. The standard InChI is InChI=1S/C20H17IN2O3S2/c1-26-16-5-3-2-4-13(16)12-17-19(25)23(20(27)28-17)11-10-18(24)22-15-8-6-14(21)7-9-15/h2-9,12H,10-11H2,1H3,(H,22,24)/b17-12-. The van der Waals surface area contributed by atoms with Gasteiger partial charge < -0.3 is 10.1 Å². The molecule has 0 atom stereocenters. The van der Waals surface area contributed by atoms with E-state index in [1.54, 1.807) is 13.2 Å². The van der Waals surface area contributed by atoms with Crippen LogP contribution in [0.15, 0.2) is 53.4 Å². The largest absolute Gasteiger partial charge is 0.496 e. The van der Waals surface area contributed by atoms with Gasteiger partial charge >= 0.3 is 0 Å². The van der Waals surface area contributed by atoms with E-state index in [0.29, 0.717) is 15.0 Å². The van der Waals surface area contributed by atoms with Gasteiger partial charge in [-0.2, -0.15) is 0 Å². The number of thioether (sulfide) groups is 1. The first-order valence-corrected chi connectivity index (χ1v) is 10.7. The molecular weight excluding hydrogens is 507 g/mol. The molecule has 1 aliphatic heterocycles. The van der Waals surface area contributed by atoms with Gasteiger partial charge in [0.05, 0.1) is 12.0 Å². The molecular formula is C20H17IN2O3S2. The van der Waals surface area contributed by atoms with Crippen LogP contribution in [0.1, 0.15) is 12.0 Å². The molecule has 28 heavy (non-hydrogen) atoms. The fraction of sp³-hybridized carbons (Fsp3) is 0.150. The maximum absolute atomic E-state index is 12.7. The third kappa shape index (κ3) is 5.12. The summed E-state index contributed by atoms with van der Waals surface area (Å²) in [6, 6.07) is 15.0. The first-order chi connectivity index (χ1) is 13.5. The van der Waals surface area contributed by atoms with Crippen molar-refractivity contribution in [2.45, 2.75) is 6.42 Å². The van der Waals surface area contributed by atoms with E-state index < -0.39 is 0 Å². The highest BCUT2D eigenvalue weighted by molar-refractivity contribution is 14.1. The van der Waals surface area contributed by atoms with E-state index in [1.165, 1.54) is 16.7 Å². The number of carbonyl (C=O) groups excluding carboxylic acids is 2. The molecule has 0 radical (unpaired) electrons. The number of hydrogen-bond donors (Lipinski definition) is 1. The van der Waals surface area contributed by atoms with E-state index in [4.69, 9.17) is 17.0 Å². The number of anilines is 1. The van der Waals surface area contributed by atoms with Crippen molar-refractivity contribution in [2.75, 3.05) is 19.0 Å². The van der Waals surface area contributed by atoms with Crippen LogP contribution in [-0.4, -0.2) is 34.7 Å². The van der Waals surface area contributed by atoms with Gasteiger partial charge in [0.25, 0.3) is 5.91 Å². The van der Waals surface area contributed by atoms with Gasteiger partial charge in [-0.25, -0.2) is 0 Å². The number of nitrogens with zero attached hydrogens (tertiary/aromatic N) is 1. The predicted octanol–water partition coefficient (Wildman–Crippen LogP) is 4.53. The highest BCUT2D eigenvalue weighted by Crippen LogP contribution is 2.34. The minimum absolute atomic E-state index is 0.163. The summed E-state index contributed by atoms with van der Waals surface area (Å²) in [4.78, 5) is 26.9. The van der Waals surface area contributed by atoms with E-state index in [9.17, 15) is 9.59 Å². The zero-order chi connectivity index (χ0) is 20.1. The molecule has 5 nitrogen and oxygen atoms in total. The molecule has 1 saturated heterocycles. The second kappa shape index (κ2) is 9.53. The number of benzene rings is 2. The zero-order valence-corrected chi connectivity index (χ0v) is 18.8. The second-order valence-electron chi connectivity index (χ2n) is 5.88. The Morgan fingerprint density at radius 1 is 1.25 bits per heavy atom. The van der Waals surface area contributed by atoms with Crippen LogP contribution in [0.4, 0.5) is 5.69 Å². The van der Waals surface area contributed by atoms with Crippen LogP contribution in [-0.2, 0) is 9.59 Å². The lowest BCUT2D eigenvalue weighted by atomic mass is 10.2. The number of rotatable bonds is 6. The summed E-state index contributed by atoms with van der Waals surface area (Å²) in [5.74, 6) is 0.330. The highest BCUT2D eigenvalue weighted by Gasteiger charge is 2.32. The van der Waals surface area contributed by atoms with Gasteiger partial charge in [0.15, 0.2) is 0 Å². The Hall–Kier alpha value is -1.91. The predicted molar refractivity (Wildman–Crippen MR) is 125 cm³/mol. The van der Waals surface area contributed by atoms with Gasteiger partial charge in [-0.3, -0.25) is 14.5 Å². The number of nitrogens with one attached hydrogen (secondary N) is 1. The number of halogens is 1. The molecule has 2 amide bonds. The molecule has 3 rings (SSSR count). The van der Waals surface area contributed by atoms with Crippen molar-refractivity contribution in [3.05, 3.63) is 62.6 Å². The molecule has 0 unspecified atom stereocenters. The summed E-state index contributed by atoms with van der Waals surface area (Å²) in [5, 5.41) is 2.83. The molecule has 2 aromatic carbocycles. The van der Waals surface area contributed by atoms with Crippen LogP contribution < -0.4 is 10.1 Å². The smallest absolute Gasteiger partial charge is 0.266 e. The van der Waals surface area contributed by atoms with E-state index in [0.717, 1.165) is 14.8 Å². The van der Waals surface area contributed by atoms with Crippen molar-refractivity contribution in [1.29, 1.82) is 0 Å². The average Bonchev–Trinajstić information content (AvgIpc) is 2.95. The normalized spacial score (nSPS) is 15.2. The first kappa shape index (κ1) is 20.8. The molecule has 0 aromatic heterocycles. The fourth-order valence-electron chi connectivity index (χ4n) is 2.59. The molecule has 0 saturated carbocycles. The van der Waals surface area contributed by atoms with Gasteiger partial charge in [-0.15, -0.1) is 0 Å². The Morgan fingerprint density at radius 2 is 1.96 bits per heavy atom. The van der Waals surface area contributed by atoms with Crippen molar-refractivity contribution < 1.29 is 14.3 Å². The maximum Gasteiger partial charge on any atom is 0.266 e. The lowest BCUT2D eigenvalue weighted by Crippen LogP contribution is -2.31. The number of para-hydroxylation sites is 1. The summed E-state index contributed by atoms with van der Waals surface area (Å²) in [7, 11) is 1.59. The molecule has 1 heterocycles. The number of ether oxygens (including phenoxy) is 1. The fourth-order valence-corrected chi connectivity index (χ4v) is 4.25. The number of hydrogen-bond acceptors (Lipinski definition) is 5. The van der Waals surface area contributed by atoms with Gasteiger partial charge in [0, 0.05) is 27.8 Å². The Labute approximate surface area is 186 Å². The van der Waals surface area contributed by atoms with Gasteiger partial charge in [0.2, 0.25) is 5.91 Å². The monoisotopic (exact) mass is 524 g/mol. The lowest BCUT2D eigenvalue weighted by molar-refractivity contribution is -0.122. The van der Waals surface area contributed by atoms with Gasteiger partial charge in [-0.05, 0) is 59.0 Å². The number of carbonyl (C=O) groups is 2. The Kier molecular flexibility index (Phi) is 7.08. The van der Waals surface area contributed by atoms with Crippen molar-refractivity contribution in [3.63, 3.8) is 0 Å². The maximum atomic E-state index is 12.7. The molecule has 1 N–H and O–H groups in total. The topological polar surface area (TPSA) is 58.6 Å². The molecule has 0 bridgehead atoms. The molecule has 0 spiro atoms. The molecule has 144 valence electrons. The number of thiocarbonyl (C=S) groups is 1. The van der Waals surface area contributed by atoms with Crippen molar-refractivity contribution in [2.24, 2.45) is 0 Å². The summed E-state index contributed by atoms with van der Waals surface area (Å²) in [6.45, 7) is 0.240. The number of methoxy groups -OCH3 is 1. The summed E-state index contributed by atoms with van der Waals surface area (Å²) in [6.07, 6.45) is 1.93. The third-order valence-corrected chi connectivity index (χ3v) is 6.09. The van der Waals surface area contributed by atoms with E-state index in [1.807, 2.05) is 48.5 Å². The first-order valence-electron chi connectivity index (χ1n) is 8.42. The molecule has 1 fully saturated rings. The molecule has 1 aliphatic rings. The van der Waals surface area contributed by atoms with E-state index in [-0.39, 0.29) is 24.8 Å². The summed E-state index contributed by atoms with van der Waals surface area (Å²) >= 11 is 8.77. The van der Waals surface area contributed by atoms with Crippen molar-refractivity contribution >= 4 is 74.5 Å². The Balaban J connectivity index is 1.63. The third-order valence-electron chi connectivity index (χ3n) is 3.99. The van der Waals surface area contributed by atoms with Crippen LogP contribution in [0, 0.1) is 3.57 Å². The van der Waals surface area contributed by atoms with E-state index >= 15 is 0 Å². The Bertz CT molecular complexity index is 945. The second-order valence-corrected chi connectivity index (χ2v) is 8.80. The molecule has 2 aromatic rings. The van der Waals surface area contributed by atoms with E-state index in [2.05, 4.69) is 27.9 Å². The molecule has 0 aliphatic carbocycles. The number of amides is 2. The Morgan fingerprint density at radius 3 is 2.68 bits per heavy atom. The minimum Gasteiger partial charge on any atom is -0.496 e. The SMILES string of the molecule is COc1ccccc1/C=C1\SC(=S)N(CCC(=O)Nc2ccc(I)cc2)C1=O. The van der Waals surface area contributed by atoms with Crippen LogP contribution in [0.2, 0.25) is 0 Å². The summed E-state index contributed by atoms with van der Waals surface area (Å²) < 4.78 is 6.87. The highest BCUT2D eigenvalue weighted by atomic mass is 127. The molecule has 8 heteroatoms. The van der Waals surface area contributed by atoms with Crippen LogP contribution in [0.25, 0.3) is 6.08 Å². The minimum atomic E-state index is -0.192. The van der Waals surface area contributed by atoms with Crippen LogP contribution in [0.3, 0.4) is 0 Å². The lowest BCUT2D eigenvalue weighted by Gasteiger charge is -2.14. The quantitative estimate of drug-likeness (QED) is 0.342.